The van der Waals surface area contributed by atoms with Gasteiger partial charge in [0.25, 0.3) is 0 Å². The van der Waals surface area contributed by atoms with Gasteiger partial charge in [-0.25, -0.2) is 9.67 Å². The maximum Gasteiger partial charge on any atom is 0.229 e. The fourth-order valence-electron chi connectivity index (χ4n) is 6.26. The van der Waals surface area contributed by atoms with Gasteiger partial charge in [0, 0.05) is 49.7 Å². The molecule has 9 nitrogen and oxygen atoms in total. The molecule has 2 aromatic heterocycles. The molecule has 6 rings (SSSR count). The topological polar surface area (TPSA) is 91.4 Å². The second-order valence-electron chi connectivity index (χ2n) is 11.7. The molecule has 3 N–H and O–H groups in total. The number of nitrogens with two attached hydrogens (primary N) is 1. The van der Waals surface area contributed by atoms with Crippen LogP contribution in [0.2, 0.25) is 0 Å². The third kappa shape index (κ3) is 6.01. The number of anilines is 4. The molecule has 0 amide bonds. The number of hydrogen-bond donors (Lipinski definition) is 2. The Morgan fingerprint density at radius 3 is 2.24 bits per heavy atom. The highest BCUT2D eigenvalue weighted by Crippen LogP contribution is 2.35. The minimum Gasteiger partial charge on any atom is -0.382 e. The zero-order valence-corrected chi connectivity index (χ0v) is 24.7. The first-order chi connectivity index (χ1) is 20.0. The first-order valence-electron chi connectivity index (χ1n) is 15.1. The summed E-state index contributed by atoms with van der Waals surface area (Å²) in [4.78, 5) is 17.4. The fraction of sp³-hybridized carbons (Fsp3) is 0.469. The number of nitrogen functional groups attached to an aromatic ring is 1. The fourth-order valence-corrected chi connectivity index (χ4v) is 6.26. The maximum atomic E-state index is 6.58. The molecule has 2 aliphatic heterocycles. The molecule has 0 unspecified atom stereocenters. The molecule has 216 valence electrons. The van der Waals surface area contributed by atoms with Crippen LogP contribution >= 0.6 is 0 Å². The average molecular weight is 554 g/mol. The Balaban J connectivity index is 1.31. The lowest BCUT2D eigenvalue weighted by Gasteiger charge is -2.34. The lowest BCUT2D eigenvalue weighted by Crippen LogP contribution is -2.44. The molecule has 0 saturated carbocycles. The lowest BCUT2D eigenvalue weighted by molar-refractivity contribution is 0.222. The van der Waals surface area contributed by atoms with Gasteiger partial charge in [0.15, 0.2) is 11.5 Å². The normalized spacial score (nSPS) is 16.9. The van der Waals surface area contributed by atoms with Crippen molar-refractivity contribution in [1.82, 2.24) is 29.5 Å². The van der Waals surface area contributed by atoms with E-state index in [4.69, 9.17) is 20.8 Å². The summed E-state index contributed by atoms with van der Waals surface area (Å²) in [6.45, 7) is 12.8. The number of nitrogens with zero attached hydrogens (tertiary/aromatic N) is 7. The van der Waals surface area contributed by atoms with Crippen molar-refractivity contribution >= 4 is 34.2 Å². The third-order valence-electron chi connectivity index (χ3n) is 8.62. The summed E-state index contributed by atoms with van der Waals surface area (Å²) in [7, 11) is 2.18. The standard InChI is InChI=1S/C32H43N9/c1-23-9-7-10-24(2)27(23)29-28-30(33)37-41(18-8-17-39-15-5-4-6-16-39)31(28)36-32(35-29)34-25-11-13-26(14-12-25)40-21-19-38(3)20-22-40/h7,9-14H,4-6,8,15-22H2,1-3H3,(H2,33,37)(H,34,35,36). The van der Waals surface area contributed by atoms with Gasteiger partial charge >= 0.3 is 0 Å². The average Bonchev–Trinajstić information content (AvgIpc) is 3.29. The number of piperidine rings is 1. The van der Waals surface area contributed by atoms with E-state index in [1.807, 2.05) is 4.68 Å². The monoisotopic (exact) mass is 553 g/mol. The van der Waals surface area contributed by atoms with E-state index in [-0.39, 0.29) is 0 Å². The predicted molar refractivity (Wildman–Crippen MR) is 169 cm³/mol. The van der Waals surface area contributed by atoms with Crippen LogP contribution in [0.4, 0.5) is 23.1 Å². The molecule has 2 aliphatic rings. The highest BCUT2D eigenvalue weighted by Gasteiger charge is 2.21. The number of rotatable bonds is 8. The molecule has 0 bridgehead atoms. The van der Waals surface area contributed by atoms with Gasteiger partial charge in [-0.2, -0.15) is 10.1 Å². The van der Waals surface area contributed by atoms with E-state index >= 15 is 0 Å². The Morgan fingerprint density at radius 2 is 1.54 bits per heavy atom. The Kier molecular flexibility index (Phi) is 8.07. The molecule has 4 aromatic rings. The lowest BCUT2D eigenvalue weighted by atomic mass is 9.98. The summed E-state index contributed by atoms with van der Waals surface area (Å²) in [6.07, 6.45) is 4.96. The summed E-state index contributed by atoms with van der Waals surface area (Å²) in [5.41, 5.74) is 13.8. The van der Waals surface area contributed by atoms with Crippen LogP contribution in [-0.2, 0) is 6.54 Å². The number of nitrogens with one attached hydrogen (secondary N) is 1. The maximum absolute atomic E-state index is 6.58. The first kappa shape index (κ1) is 27.5. The molecule has 2 saturated heterocycles. The van der Waals surface area contributed by atoms with Gasteiger partial charge in [-0.05, 0) is 95.2 Å². The molecule has 2 fully saturated rings. The highest BCUT2D eigenvalue weighted by molar-refractivity contribution is 6.00. The molecule has 0 radical (unpaired) electrons. The number of aryl methyl sites for hydroxylation is 3. The minimum absolute atomic E-state index is 0.485. The summed E-state index contributed by atoms with van der Waals surface area (Å²) < 4.78 is 1.98. The van der Waals surface area contributed by atoms with Crippen molar-refractivity contribution in [2.24, 2.45) is 0 Å². The van der Waals surface area contributed by atoms with Gasteiger partial charge in [0.05, 0.1) is 11.1 Å². The van der Waals surface area contributed by atoms with E-state index in [9.17, 15) is 0 Å². The second kappa shape index (κ2) is 12.0. The highest BCUT2D eigenvalue weighted by atomic mass is 15.3. The van der Waals surface area contributed by atoms with Crippen molar-refractivity contribution in [2.45, 2.75) is 46.1 Å². The summed E-state index contributed by atoms with van der Waals surface area (Å²) in [5, 5.41) is 9.09. The summed E-state index contributed by atoms with van der Waals surface area (Å²) >= 11 is 0. The van der Waals surface area contributed by atoms with Crippen molar-refractivity contribution in [3.05, 3.63) is 53.6 Å². The molecule has 41 heavy (non-hydrogen) atoms. The van der Waals surface area contributed by atoms with Crippen molar-refractivity contribution in [3.8, 4) is 11.3 Å². The van der Waals surface area contributed by atoms with E-state index in [0.29, 0.717) is 11.8 Å². The summed E-state index contributed by atoms with van der Waals surface area (Å²) in [6, 6.07) is 14.9. The third-order valence-corrected chi connectivity index (χ3v) is 8.62. The van der Waals surface area contributed by atoms with Crippen LogP contribution in [0.25, 0.3) is 22.3 Å². The molecule has 0 spiro atoms. The Labute approximate surface area is 243 Å². The Hall–Kier alpha value is -3.69. The van der Waals surface area contributed by atoms with E-state index in [1.54, 1.807) is 0 Å². The zero-order chi connectivity index (χ0) is 28.3. The number of likely N-dealkylation sites (tertiary alicyclic amines) is 1. The molecular weight excluding hydrogens is 510 g/mol. The van der Waals surface area contributed by atoms with Crippen LogP contribution in [0.3, 0.4) is 0 Å². The smallest absolute Gasteiger partial charge is 0.229 e. The summed E-state index contributed by atoms with van der Waals surface area (Å²) in [5.74, 6) is 1.04. The largest absolute Gasteiger partial charge is 0.382 e. The van der Waals surface area contributed by atoms with Gasteiger partial charge in [0.1, 0.15) is 0 Å². The number of likely N-dealkylation sites (N-methyl/N-ethyl adjacent to an activating group) is 1. The Bertz CT molecular complexity index is 1460. The van der Waals surface area contributed by atoms with Crippen LogP contribution < -0.4 is 16.0 Å². The molecule has 0 aliphatic carbocycles. The van der Waals surface area contributed by atoms with Crippen LogP contribution in [0.1, 0.15) is 36.8 Å². The van der Waals surface area contributed by atoms with Crippen LogP contribution in [0.15, 0.2) is 42.5 Å². The number of aromatic nitrogens is 4. The molecular formula is C32H43N9. The zero-order valence-electron chi connectivity index (χ0n) is 24.7. The van der Waals surface area contributed by atoms with Crippen LogP contribution in [0.5, 0.6) is 0 Å². The minimum atomic E-state index is 0.485. The van der Waals surface area contributed by atoms with E-state index in [1.165, 1.54) is 38.0 Å². The van der Waals surface area contributed by atoms with Gasteiger partial charge < -0.3 is 25.8 Å². The number of benzene rings is 2. The van der Waals surface area contributed by atoms with Crippen LogP contribution in [0, 0.1) is 13.8 Å². The molecule has 4 heterocycles. The number of fused-ring (bicyclic) bond motifs is 1. The molecule has 2 aromatic carbocycles. The van der Waals surface area contributed by atoms with Crippen molar-refractivity contribution in [1.29, 1.82) is 0 Å². The number of piperazine rings is 1. The van der Waals surface area contributed by atoms with E-state index in [0.717, 1.165) is 84.8 Å². The first-order valence-corrected chi connectivity index (χ1v) is 15.1. The van der Waals surface area contributed by atoms with Gasteiger partial charge in [0.2, 0.25) is 5.95 Å². The van der Waals surface area contributed by atoms with Crippen LogP contribution in [-0.4, -0.2) is 82.4 Å². The molecule has 0 atom stereocenters. The number of hydrogen-bond acceptors (Lipinski definition) is 8. The van der Waals surface area contributed by atoms with Crippen molar-refractivity contribution in [3.63, 3.8) is 0 Å². The predicted octanol–water partition coefficient (Wildman–Crippen LogP) is 5.06. The van der Waals surface area contributed by atoms with E-state index in [2.05, 4.69) is 83.4 Å². The molecule has 9 heteroatoms. The SMILES string of the molecule is Cc1cccc(C)c1-c1nc(Nc2ccc(N3CCN(C)CC3)cc2)nc2c1c(N)nn2CCCN1CCCCC1. The Morgan fingerprint density at radius 1 is 0.829 bits per heavy atom. The quantitative estimate of drug-likeness (QED) is 0.313. The van der Waals surface area contributed by atoms with Crippen molar-refractivity contribution in [2.75, 3.05) is 68.8 Å². The van der Waals surface area contributed by atoms with Gasteiger partial charge in [-0.15, -0.1) is 0 Å². The van der Waals surface area contributed by atoms with Crippen molar-refractivity contribution < 1.29 is 0 Å². The van der Waals surface area contributed by atoms with Gasteiger partial charge in [-0.3, -0.25) is 0 Å². The van der Waals surface area contributed by atoms with Gasteiger partial charge in [-0.1, -0.05) is 24.6 Å². The van der Waals surface area contributed by atoms with E-state index < -0.39 is 0 Å². The second-order valence-corrected chi connectivity index (χ2v) is 11.7.